The highest BCUT2D eigenvalue weighted by molar-refractivity contribution is 7.99. The lowest BCUT2D eigenvalue weighted by Crippen LogP contribution is -2.30. The zero-order valence-electron chi connectivity index (χ0n) is 11.6. The highest BCUT2D eigenvalue weighted by Crippen LogP contribution is 2.27. The second kappa shape index (κ2) is 8.04. The van der Waals surface area contributed by atoms with Crippen molar-refractivity contribution in [3.8, 4) is 0 Å². The first-order chi connectivity index (χ1) is 10.1. The summed E-state index contributed by atoms with van der Waals surface area (Å²) in [5, 5.41) is 4.56. The number of likely N-dealkylation sites (N-methyl/N-ethyl adjacent to an activating group) is 1. The van der Waals surface area contributed by atoms with Gasteiger partial charge in [-0.3, -0.25) is 0 Å². The van der Waals surface area contributed by atoms with Crippen LogP contribution in [0, 0.1) is 5.82 Å². The van der Waals surface area contributed by atoms with Crippen molar-refractivity contribution in [1.82, 2.24) is 5.32 Å². The molecule has 1 N–H and O–H groups in total. The lowest BCUT2D eigenvalue weighted by atomic mass is 10.1. The Morgan fingerprint density at radius 1 is 1.10 bits per heavy atom. The predicted octanol–water partition coefficient (Wildman–Crippen LogP) is 5.06. The first-order valence-corrected chi connectivity index (χ1v) is 8.33. The molecule has 0 radical (unpaired) electrons. The minimum absolute atomic E-state index is 0.159. The molecule has 0 aliphatic carbocycles. The molecule has 21 heavy (non-hydrogen) atoms. The van der Waals surface area contributed by atoms with E-state index in [2.05, 4.69) is 5.32 Å². The maximum atomic E-state index is 13.6. The topological polar surface area (TPSA) is 12.0 Å². The van der Waals surface area contributed by atoms with Gasteiger partial charge in [0, 0.05) is 26.7 Å². The highest BCUT2D eigenvalue weighted by Gasteiger charge is 2.14. The van der Waals surface area contributed by atoms with E-state index in [0.29, 0.717) is 21.4 Å². The van der Waals surface area contributed by atoms with Crippen LogP contribution in [-0.4, -0.2) is 18.8 Å². The van der Waals surface area contributed by atoms with E-state index in [1.54, 1.807) is 12.1 Å². The molecule has 0 aromatic heterocycles. The summed E-state index contributed by atoms with van der Waals surface area (Å²) in [7, 11) is 1.89. The minimum Gasteiger partial charge on any atom is -0.316 e. The molecule has 1 atom stereocenters. The van der Waals surface area contributed by atoms with Gasteiger partial charge in [-0.1, -0.05) is 41.4 Å². The Bertz CT molecular complexity index is 586. The molecule has 1 nitrogen and oxygen atoms in total. The molecule has 0 fully saturated rings. The third-order valence-electron chi connectivity index (χ3n) is 3.20. The molecule has 2 aromatic carbocycles. The summed E-state index contributed by atoms with van der Waals surface area (Å²) in [6, 6.07) is 12.4. The van der Waals surface area contributed by atoms with Crippen molar-refractivity contribution >= 4 is 35.0 Å². The molecule has 0 amide bonds. The van der Waals surface area contributed by atoms with Gasteiger partial charge in [0.2, 0.25) is 0 Å². The van der Waals surface area contributed by atoms with Gasteiger partial charge in [0.15, 0.2) is 0 Å². The quantitative estimate of drug-likeness (QED) is 0.736. The molecule has 0 saturated carbocycles. The molecular weight excluding hydrogens is 328 g/mol. The second-order valence-corrected chi connectivity index (χ2v) is 6.51. The van der Waals surface area contributed by atoms with Crippen LogP contribution in [0.1, 0.15) is 5.56 Å². The van der Waals surface area contributed by atoms with Crippen LogP contribution >= 0.6 is 35.0 Å². The Morgan fingerprint density at radius 2 is 1.76 bits per heavy atom. The minimum atomic E-state index is -0.187. The molecule has 112 valence electrons. The Hall–Kier alpha value is -0.740. The van der Waals surface area contributed by atoms with Gasteiger partial charge >= 0.3 is 0 Å². The second-order valence-electron chi connectivity index (χ2n) is 4.63. The monoisotopic (exact) mass is 343 g/mol. The van der Waals surface area contributed by atoms with Gasteiger partial charge in [-0.25, -0.2) is 4.39 Å². The van der Waals surface area contributed by atoms with Crippen LogP contribution < -0.4 is 5.32 Å². The summed E-state index contributed by atoms with van der Waals surface area (Å²) in [6.07, 6.45) is 0.705. The molecular formula is C16H16Cl2FNS. The third kappa shape index (κ3) is 4.62. The summed E-state index contributed by atoms with van der Waals surface area (Å²) in [5.74, 6) is 0.548. The lowest BCUT2D eigenvalue weighted by molar-refractivity contribution is 0.598. The molecule has 2 aromatic rings. The lowest BCUT2D eigenvalue weighted by Gasteiger charge is -2.17. The Balaban J connectivity index is 2.02. The van der Waals surface area contributed by atoms with Crippen molar-refractivity contribution in [2.75, 3.05) is 12.8 Å². The van der Waals surface area contributed by atoms with Crippen LogP contribution in [0.25, 0.3) is 0 Å². The smallest absolute Gasteiger partial charge is 0.136 e. The standard InChI is InChI=1S/C16H16Cl2FNS/c1-20-11(9-12-13(17)5-4-6-14(12)18)10-21-16-8-3-2-7-15(16)19/h2-8,11,20H,9-10H2,1H3. The molecule has 0 aliphatic rings. The Morgan fingerprint density at radius 3 is 2.38 bits per heavy atom. The summed E-state index contributed by atoms with van der Waals surface area (Å²) >= 11 is 13.9. The van der Waals surface area contributed by atoms with Gasteiger partial charge in [-0.05, 0) is 43.3 Å². The van der Waals surface area contributed by atoms with Crippen LogP contribution in [-0.2, 0) is 6.42 Å². The Kier molecular flexibility index (Phi) is 6.37. The SMILES string of the molecule is CNC(CSc1ccccc1F)Cc1c(Cl)cccc1Cl. The van der Waals surface area contributed by atoms with Crippen LogP contribution in [0.15, 0.2) is 47.4 Å². The summed E-state index contributed by atoms with van der Waals surface area (Å²) in [6.45, 7) is 0. The van der Waals surface area contributed by atoms with Crippen molar-refractivity contribution in [2.24, 2.45) is 0 Å². The summed E-state index contributed by atoms with van der Waals surface area (Å²) in [4.78, 5) is 0.656. The molecule has 0 bridgehead atoms. The van der Waals surface area contributed by atoms with E-state index in [1.807, 2.05) is 31.3 Å². The van der Waals surface area contributed by atoms with Gasteiger partial charge in [0.25, 0.3) is 0 Å². The molecule has 5 heteroatoms. The van der Waals surface area contributed by atoms with Crippen LogP contribution in [0.2, 0.25) is 10.0 Å². The number of benzene rings is 2. The zero-order chi connectivity index (χ0) is 15.2. The number of rotatable bonds is 6. The fourth-order valence-electron chi connectivity index (χ4n) is 1.97. The average Bonchev–Trinajstić information content (AvgIpc) is 2.48. The number of hydrogen-bond donors (Lipinski definition) is 1. The van der Waals surface area contributed by atoms with Crippen molar-refractivity contribution in [1.29, 1.82) is 0 Å². The van der Waals surface area contributed by atoms with Crippen molar-refractivity contribution in [2.45, 2.75) is 17.4 Å². The van der Waals surface area contributed by atoms with E-state index in [4.69, 9.17) is 23.2 Å². The average molecular weight is 344 g/mol. The number of hydrogen-bond acceptors (Lipinski definition) is 2. The first-order valence-electron chi connectivity index (χ1n) is 6.59. The first kappa shape index (κ1) is 16.6. The third-order valence-corrected chi connectivity index (χ3v) is 5.12. The highest BCUT2D eigenvalue weighted by atomic mass is 35.5. The van der Waals surface area contributed by atoms with Gasteiger partial charge in [-0.2, -0.15) is 0 Å². The number of nitrogens with one attached hydrogen (secondary N) is 1. The maximum Gasteiger partial charge on any atom is 0.136 e. The summed E-state index contributed by atoms with van der Waals surface area (Å²) in [5.41, 5.74) is 0.925. The van der Waals surface area contributed by atoms with Crippen LogP contribution in [0.3, 0.4) is 0 Å². The fraction of sp³-hybridized carbons (Fsp3) is 0.250. The van der Waals surface area contributed by atoms with Gasteiger partial charge in [0.05, 0.1) is 0 Å². The van der Waals surface area contributed by atoms with Crippen LogP contribution in [0.5, 0.6) is 0 Å². The molecule has 0 saturated heterocycles. The largest absolute Gasteiger partial charge is 0.316 e. The molecule has 2 rings (SSSR count). The molecule has 0 spiro atoms. The van der Waals surface area contributed by atoms with E-state index in [0.717, 1.165) is 11.3 Å². The van der Waals surface area contributed by atoms with E-state index in [-0.39, 0.29) is 11.9 Å². The Labute approximate surface area is 138 Å². The van der Waals surface area contributed by atoms with Gasteiger partial charge in [0.1, 0.15) is 5.82 Å². The predicted molar refractivity (Wildman–Crippen MR) is 90.1 cm³/mol. The van der Waals surface area contributed by atoms with E-state index < -0.39 is 0 Å². The molecule has 0 heterocycles. The van der Waals surface area contributed by atoms with Crippen molar-refractivity contribution in [3.63, 3.8) is 0 Å². The van der Waals surface area contributed by atoms with Gasteiger partial charge in [-0.15, -0.1) is 11.8 Å². The number of thioether (sulfide) groups is 1. The van der Waals surface area contributed by atoms with Crippen molar-refractivity contribution in [3.05, 3.63) is 63.9 Å². The van der Waals surface area contributed by atoms with E-state index in [9.17, 15) is 4.39 Å². The normalized spacial score (nSPS) is 12.4. The maximum absolute atomic E-state index is 13.6. The summed E-state index contributed by atoms with van der Waals surface area (Å²) < 4.78 is 13.6. The molecule has 0 aliphatic heterocycles. The fourth-order valence-corrected chi connectivity index (χ4v) is 3.57. The van der Waals surface area contributed by atoms with Gasteiger partial charge < -0.3 is 5.32 Å². The van der Waals surface area contributed by atoms with Crippen molar-refractivity contribution < 1.29 is 4.39 Å². The molecule has 1 unspecified atom stereocenters. The van der Waals surface area contributed by atoms with E-state index >= 15 is 0 Å². The number of halogens is 3. The van der Waals surface area contributed by atoms with E-state index in [1.165, 1.54) is 17.8 Å². The van der Waals surface area contributed by atoms with Crippen LogP contribution in [0.4, 0.5) is 4.39 Å². The zero-order valence-corrected chi connectivity index (χ0v) is 13.9.